The highest BCUT2D eigenvalue weighted by molar-refractivity contribution is 5.41. The number of likely N-dealkylation sites (tertiary alicyclic amines) is 1. The zero-order valence-electron chi connectivity index (χ0n) is 14.9. The number of methoxy groups -OCH3 is 1. The first-order chi connectivity index (χ1) is 12.3. The van der Waals surface area contributed by atoms with E-state index in [0.717, 1.165) is 44.1 Å². The predicted octanol–water partition coefficient (Wildman–Crippen LogP) is 3.66. The number of hydrogen-bond acceptors (Lipinski definition) is 4. The maximum Gasteiger partial charge on any atom is 0.213 e. The summed E-state index contributed by atoms with van der Waals surface area (Å²) < 4.78 is 11.4. The number of aromatic nitrogens is 1. The summed E-state index contributed by atoms with van der Waals surface area (Å²) in [7, 11) is 1.75. The monoisotopic (exact) mass is 338 g/mol. The molecule has 2 aliphatic rings. The van der Waals surface area contributed by atoms with Gasteiger partial charge in [-0.2, -0.15) is 0 Å². The Balaban J connectivity index is 1.31. The molecule has 1 fully saturated rings. The second kappa shape index (κ2) is 7.44. The lowest BCUT2D eigenvalue weighted by Gasteiger charge is -2.33. The van der Waals surface area contributed by atoms with Crippen molar-refractivity contribution in [3.05, 3.63) is 53.7 Å². The van der Waals surface area contributed by atoms with Gasteiger partial charge in [0, 0.05) is 31.9 Å². The highest BCUT2D eigenvalue weighted by Gasteiger charge is 2.27. The van der Waals surface area contributed by atoms with Crippen LogP contribution in [0.1, 0.15) is 36.3 Å². The average molecular weight is 338 g/mol. The predicted molar refractivity (Wildman–Crippen MR) is 98.4 cm³/mol. The van der Waals surface area contributed by atoms with Gasteiger partial charge in [-0.25, -0.2) is 4.98 Å². The number of nitrogens with zero attached hydrogens (tertiary/aromatic N) is 2. The van der Waals surface area contributed by atoms with Gasteiger partial charge in [-0.05, 0) is 60.9 Å². The topological polar surface area (TPSA) is 34.6 Å². The summed E-state index contributed by atoms with van der Waals surface area (Å²) in [5.74, 6) is 2.37. The van der Waals surface area contributed by atoms with E-state index in [4.69, 9.17) is 9.47 Å². The van der Waals surface area contributed by atoms with E-state index in [2.05, 4.69) is 28.1 Å². The molecule has 0 saturated carbocycles. The minimum absolute atomic E-state index is 0.294. The van der Waals surface area contributed by atoms with E-state index in [1.807, 2.05) is 18.2 Å². The fourth-order valence-electron chi connectivity index (χ4n) is 4.09. The van der Waals surface area contributed by atoms with Crippen LogP contribution in [0.2, 0.25) is 0 Å². The number of ether oxygens (including phenoxy) is 2. The Morgan fingerprint density at radius 2 is 2.00 bits per heavy atom. The molecule has 4 heteroatoms. The Labute approximate surface area is 149 Å². The Morgan fingerprint density at radius 1 is 1.12 bits per heavy atom. The van der Waals surface area contributed by atoms with Gasteiger partial charge in [0.1, 0.15) is 11.9 Å². The molecule has 1 aromatic heterocycles. The third kappa shape index (κ3) is 3.79. The molecule has 0 amide bonds. The van der Waals surface area contributed by atoms with E-state index in [0.29, 0.717) is 12.0 Å². The van der Waals surface area contributed by atoms with Crippen molar-refractivity contribution in [2.75, 3.05) is 26.7 Å². The van der Waals surface area contributed by atoms with Crippen LogP contribution in [-0.2, 0) is 6.42 Å². The van der Waals surface area contributed by atoms with Crippen LogP contribution in [0.15, 0.2) is 42.6 Å². The summed E-state index contributed by atoms with van der Waals surface area (Å²) in [6.45, 7) is 3.36. The normalized spacial score (nSPS) is 21.1. The molecule has 1 aliphatic carbocycles. The van der Waals surface area contributed by atoms with Crippen molar-refractivity contribution in [2.45, 2.75) is 37.7 Å². The summed E-state index contributed by atoms with van der Waals surface area (Å²) in [5, 5.41) is 0. The lowest BCUT2D eigenvalue weighted by atomic mass is 9.98. The van der Waals surface area contributed by atoms with Crippen LogP contribution in [0.5, 0.6) is 11.6 Å². The van der Waals surface area contributed by atoms with Crippen molar-refractivity contribution in [2.24, 2.45) is 0 Å². The SMILES string of the molecule is COc1ccc2c(c1)C(CN1CCC(Oc3ccccn3)CC1)CC2. The third-order valence-corrected chi connectivity index (χ3v) is 5.49. The van der Waals surface area contributed by atoms with Crippen LogP contribution in [0, 0.1) is 0 Å². The van der Waals surface area contributed by atoms with E-state index in [9.17, 15) is 0 Å². The number of pyridine rings is 1. The highest BCUT2D eigenvalue weighted by Crippen LogP contribution is 2.36. The molecule has 1 saturated heterocycles. The molecule has 0 spiro atoms. The molecule has 132 valence electrons. The number of rotatable bonds is 5. The van der Waals surface area contributed by atoms with Gasteiger partial charge < -0.3 is 14.4 Å². The summed E-state index contributed by atoms with van der Waals surface area (Å²) in [6.07, 6.45) is 6.69. The zero-order chi connectivity index (χ0) is 17.1. The molecular formula is C21H26N2O2. The Kier molecular flexibility index (Phi) is 4.88. The standard InChI is InChI=1S/C21H26N2O2/c1-24-19-8-7-16-5-6-17(20(16)14-19)15-23-12-9-18(10-13-23)25-21-4-2-3-11-22-21/h2-4,7-8,11,14,17-18H,5-6,9-10,12-13,15H2,1H3. The van der Waals surface area contributed by atoms with Gasteiger partial charge in [0.2, 0.25) is 5.88 Å². The molecule has 0 bridgehead atoms. The van der Waals surface area contributed by atoms with Crippen molar-refractivity contribution in [1.82, 2.24) is 9.88 Å². The van der Waals surface area contributed by atoms with Crippen molar-refractivity contribution in [3.8, 4) is 11.6 Å². The number of hydrogen-bond donors (Lipinski definition) is 0. The number of aryl methyl sites for hydroxylation is 1. The van der Waals surface area contributed by atoms with Crippen molar-refractivity contribution >= 4 is 0 Å². The third-order valence-electron chi connectivity index (χ3n) is 5.49. The molecule has 2 heterocycles. The molecule has 1 unspecified atom stereocenters. The second-order valence-corrected chi connectivity index (χ2v) is 7.09. The Hall–Kier alpha value is -2.07. The highest BCUT2D eigenvalue weighted by atomic mass is 16.5. The molecule has 4 rings (SSSR count). The van der Waals surface area contributed by atoms with Gasteiger partial charge in [0.25, 0.3) is 0 Å². The van der Waals surface area contributed by atoms with Crippen LogP contribution in [0.4, 0.5) is 0 Å². The van der Waals surface area contributed by atoms with Crippen LogP contribution >= 0.6 is 0 Å². The molecule has 1 atom stereocenters. The second-order valence-electron chi connectivity index (χ2n) is 7.09. The van der Waals surface area contributed by atoms with Crippen LogP contribution in [-0.4, -0.2) is 42.7 Å². The van der Waals surface area contributed by atoms with Crippen molar-refractivity contribution in [1.29, 1.82) is 0 Å². The van der Waals surface area contributed by atoms with Gasteiger partial charge in [0.15, 0.2) is 0 Å². The van der Waals surface area contributed by atoms with E-state index >= 15 is 0 Å². The van der Waals surface area contributed by atoms with E-state index in [-0.39, 0.29) is 0 Å². The lowest BCUT2D eigenvalue weighted by molar-refractivity contribution is 0.0934. The van der Waals surface area contributed by atoms with Gasteiger partial charge in [-0.1, -0.05) is 12.1 Å². The number of fused-ring (bicyclic) bond motifs is 1. The molecule has 25 heavy (non-hydrogen) atoms. The van der Waals surface area contributed by atoms with E-state index < -0.39 is 0 Å². The molecule has 2 aromatic rings. The van der Waals surface area contributed by atoms with Crippen molar-refractivity contribution < 1.29 is 9.47 Å². The molecule has 0 radical (unpaired) electrons. The lowest BCUT2D eigenvalue weighted by Crippen LogP contribution is -2.40. The summed E-state index contributed by atoms with van der Waals surface area (Å²) in [5.41, 5.74) is 2.99. The quantitative estimate of drug-likeness (QED) is 0.833. The summed E-state index contributed by atoms with van der Waals surface area (Å²) >= 11 is 0. The fraction of sp³-hybridized carbons (Fsp3) is 0.476. The first kappa shape index (κ1) is 16.4. The number of benzene rings is 1. The molecule has 1 aromatic carbocycles. The van der Waals surface area contributed by atoms with Gasteiger partial charge in [0.05, 0.1) is 7.11 Å². The van der Waals surface area contributed by atoms with E-state index in [1.54, 1.807) is 13.3 Å². The zero-order valence-corrected chi connectivity index (χ0v) is 14.9. The number of piperidine rings is 1. The minimum Gasteiger partial charge on any atom is -0.497 e. The summed E-state index contributed by atoms with van der Waals surface area (Å²) in [6, 6.07) is 12.4. The molecule has 0 N–H and O–H groups in total. The maximum absolute atomic E-state index is 6.01. The summed E-state index contributed by atoms with van der Waals surface area (Å²) in [4.78, 5) is 6.86. The fourth-order valence-corrected chi connectivity index (χ4v) is 4.09. The van der Waals surface area contributed by atoms with Gasteiger partial charge in [-0.15, -0.1) is 0 Å². The largest absolute Gasteiger partial charge is 0.497 e. The van der Waals surface area contributed by atoms with Crippen LogP contribution in [0.25, 0.3) is 0 Å². The van der Waals surface area contributed by atoms with Crippen LogP contribution in [0.3, 0.4) is 0 Å². The molecule has 4 nitrogen and oxygen atoms in total. The molecular weight excluding hydrogens is 312 g/mol. The Morgan fingerprint density at radius 3 is 2.76 bits per heavy atom. The first-order valence-electron chi connectivity index (χ1n) is 9.28. The van der Waals surface area contributed by atoms with Crippen molar-refractivity contribution in [3.63, 3.8) is 0 Å². The van der Waals surface area contributed by atoms with Gasteiger partial charge in [-0.3, -0.25) is 0 Å². The smallest absolute Gasteiger partial charge is 0.213 e. The average Bonchev–Trinajstić information content (AvgIpc) is 3.06. The first-order valence-corrected chi connectivity index (χ1v) is 9.28. The molecule has 1 aliphatic heterocycles. The van der Waals surface area contributed by atoms with Crippen LogP contribution < -0.4 is 9.47 Å². The Bertz CT molecular complexity index is 696. The van der Waals surface area contributed by atoms with Gasteiger partial charge >= 0.3 is 0 Å². The van der Waals surface area contributed by atoms with E-state index in [1.165, 1.54) is 24.0 Å². The maximum atomic E-state index is 6.01. The minimum atomic E-state index is 0.294.